The van der Waals surface area contributed by atoms with Gasteiger partial charge in [0, 0.05) is 23.8 Å². The number of hydrogen-bond acceptors (Lipinski definition) is 6. The van der Waals surface area contributed by atoms with Crippen molar-refractivity contribution in [3.05, 3.63) is 28.7 Å². The number of nitrogen functional groups attached to an aromatic ring is 1. The van der Waals surface area contributed by atoms with Crippen LogP contribution in [0.15, 0.2) is 17.6 Å². The van der Waals surface area contributed by atoms with Gasteiger partial charge in [-0.05, 0) is 38.2 Å². The molecule has 0 radical (unpaired) electrons. The Labute approximate surface area is 143 Å². The smallest absolute Gasteiger partial charge is 0.168 e. The lowest BCUT2D eigenvalue weighted by Crippen LogP contribution is -2.03. The zero-order chi connectivity index (χ0) is 15.8. The Hall–Kier alpha value is -1.60. The Morgan fingerprint density at radius 3 is 3.04 bits per heavy atom. The van der Waals surface area contributed by atoms with E-state index in [2.05, 4.69) is 21.5 Å². The van der Waals surface area contributed by atoms with Gasteiger partial charge in [-0.2, -0.15) is 0 Å². The molecule has 120 valence electrons. The maximum atomic E-state index is 6.26. The molecule has 23 heavy (non-hydrogen) atoms. The van der Waals surface area contributed by atoms with Crippen molar-refractivity contribution in [2.24, 2.45) is 0 Å². The number of nitrogens with zero attached hydrogens (tertiary/aromatic N) is 4. The lowest BCUT2D eigenvalue weighted by Gasteiger charge is -2.10. The van der Waals surface area contributed by atoms with Crippen LogP contribution in [0, 0.1) is 0 Å². The van der Waals surface area contributed by atoms with Crippen LogP contribution in [0.5, 0.6) is 0 Å². The normalized spacial score (nSPS) is 14.3. The van der Waals surface area contributed by atoms with Gasteiger partial charge < -0.3 is 10.3 Å². The van der Waals surface area contributed by atoms with Crippen molar-refractivity contribution in [2.45, 2.75) is 50.1 Å². The first-order valence-corrected chi connectivity index (χ1v) is 9.77. The van der Waals surface area contributed by atoms with Gasteiger partial charge in [-0.25, -0.2) is 15.0 Å². The topological polar surface area (TPSA) is 69.6 Å². The quantitative estimate of drug-likeness (QED) is 0.731. The molecule has 1 aliphatic rings. The molecule has 3 aromatic rings. The summed E-state index contributed by atoms with van der Waals surface area (Å²) in [5, 5.41) is 2.11. The number of thioether (sulfide) groups is 1. The van der Waals surface area contributed by atoms with E-state index in [1.807, 2.05) is 12.4 Å². The Bertz CT molecular complexity index is 852. The Morgan fingerprint density at radius 2 is 2.17 bits per heavy atom. The van der Waals surface area contributed by atoms with Gasteiger partial charge in [-0.15, -0.1) is 11.3 Å². The summed E-state index contributed by atoms with van der Waals surface area (Å²) >= 11 is 3.46. The fraction of sp³-hybridized carbons (Fsp3) is 0.438. The molecule has 0 atom stereocenters. The highest BCUT2D eigenvalue weighted by Crippen LogP contribution is 2.38. The summed E-state index contributed by atoms with van der Waals surface area (Å²) in [4.78, 5) is 16.2. The predicted octanol–water partition coefficient (Wildman–Crippen LogP) is 3.66. The van der Waals surface area contributed by atoms with Gasteiger partial charge in [-0.1, -0.05) is 11.8 Å². The third-order valence-electron chi connectivity index (χ3n) is 4.24. The molecule has 0 aromatic carbocycles. The Kier molecular flexibility index (Phi) is 3.98. The van der Waals surface area contributed by atoms with Crippen molar-refractivity contribution in [3.8, 4) is 0 Å². The van der Waals surface area contributed by atoms with E-state index in [0.717, 1.165) is 40.6 Å². The molecule has 3 heterocycles. The molecule has 3 aromatic heterocycles. The van der Waals surface area contributed by atoms with Crippen LogP contribution in [-0.4, -0.2) is 19.5 Å². The molecule has 0 aliphatic heterocycles. The molecular formula is C16H19N5S2. The number of anilines is 1. The molecule has 0 unspecified atom stereocenters. The summed E-state index contributed by atoms with van der Waals surface area (Å²) in [6, 6.07) is 0. The summed E-state index contributed by atoms with van der Waals surface area (Å²) < 4.78 is 2.12. The number of imidazole rings is 1. The molecular weight excluding hydrogens is 326 g/mol. The minimum Gasteiger partial charge on any atom is -0.383 e. The van der Waals surface area contributed by atoms with E-state index >= 15 is 0 Å². The van der Waals surface area contributed by atoms with E-state index in [0.29, 0.717) is 11.6 Å². The van der Waals surface area contributed by atoms with Gasteiger partial charge in [0.1, 0.15) is 16.5 Å². The standard InChI is InChI=1S/C16H19N5S2/c1-2-21-8-7-18-16(21)22-9-12-19-14(17)13-10-5-3-4-6-11(10)23-15(13)20-12/h7-8H,2-6,9H2,1H3,(H2,17,19,20). The van der Waals surface area contributed by atoms with Crippen LogP contribution in [0.4, 0.5) is 5.82 Å². The third kappa shape index (κ3) is 2.72. The van der Waals surface area contributed by atoms with Crippen molar-refractivity contribution in [1.29, 1.82) is 0 Å². The first kappa shape index (κ1) is 15.0. The molecule has 0 amide bonds. The number of aryl methyl sites for hydroxylation is 3. The van der Waals surface area contributed by atoms with E-state index < -0.39 is 0 Å². The lowest BCUT2D eigenvalue weighted by molar-refractivity contribution is 0.681. The van der Waals surface area contributed by atoms with E-state index in [9.17, 15) is 0 Å². The van der Waals surface area contributed by atoms with E-state index in [-0.39, 0.29) is 0 Å². The molecule has 1 aliphatic carbocycles. The van der Waals surface area contributed by atoms with Crippen molar-refractivity contribution in [2.75, 3.05) is 5.73 Å². The van der Waals surface area contributed by atoms with Crippen LogP contribution in [0.2, 0.25) is 0 Å². The van der Waals surface area contributed by atoms with E-state index in [4.69, 9.17) is 10.7 Å². The fourth-order valence-corrected chi connectivity index (χ4v) is 5.27. The second kappa shape index (κ2) is 6.13. The number of hydrogen-bond donors (Lipinski definition) is 1. The van der Waals surface area contributed by atoms with Gasteiger partial charge >= 0.3 is 0 Å². The van der Waals surface area contributed by atoms with Gasteiger partial charge in [0.05, 0.1) is 11.1 Å². The molecule has 0 spiro atoms. The Balaban J connectivity index is 1.63. The number of aromatic nitrogens is 4. The predicted molar refractivity (Wildman–Crippen MR) is 95.9 cm³/mol. The summed E-state index contributed by atoms with van der Waals surface area (Å²) in [5.74, 6) is 2.13. The van der Waals surface area contributed by atoms with E-state index in [1.54, 1.807) is 23.1 Å². The van der Waals surface area contributed by atoms with Gasteiger partial charge in [-0.3, -0.25) is 0 Å². The molecule has 2 N–H and O–H groups in total. The van der Waals surface area contributed by atoms with Gasteiger partial charge in [0.15, 0.2) is 5.16 Å². The van der Waals surface area contributed by atoms with Crippen LogP contribution >= 0.6 is 23.1 Å². The average molecular weight is 345 g/mol. The highest BCUT2D eigenvalue weighted by molar-refractivity contribution is 7.98. The SMILES string of the molecule is CCn1ccnc1SCc1nc(N)c2c3c(sc2n1)CCCC3. The Morgan fingerprint density at radius 1 is 1.30 bits per heavy atom. The third-order valence-corrected chi connectivity index (χ3v) is 6.42. The number of nitrogens with two attached hydrogens (primary N) is 1. The minimum atomic E-state index is 0.642. The molecule has 4 rings (SSSR count). The summed E-state index contributed by atoms with van der Waals surface area (Å²) in [6.45, 7) is 3.03. The first-order chi connectivity index (χ1) is 11.3. The number of fused-ring (bicyclic) bond motifs is 3. The van der Waals surface area contributed by atoms with Crippen molar-refractivity contribution >= 4 is 39.1 Å². The highest BCUT2D eigenvalue weighted by atomic mass is 32.2. The molecule has 0 saturated heterocycles. The van der Waals surface area contributed by atoms with Crippen LogP contribution in [0.25, 0.3) is 10.2 Å². The summed E-state index contributed by atoms with van der Waals surface area (Å²) in [6.07, 6.45) is 8.62. The average Bonchev–Trinajstić information content (AvgIpc) is 3.16. The fourth-order valence-electron chi connectivity index (χ4n) is 3.10. The highest BCUT2D eigenvalue weighted by Gasteiger charge is 2.20. The van der Waals surface area contributed by atoms with Crippen molar-refractivity contribution < 1.29 is 0 Å². The van der Waals surface area contributed by atoms with E-state index in [1.165, 1.54) is 23.3 Å². The first-order valence-electron chi connectivity index (χ1n) is 7.97. The van der Waals surface area contributed by atoms with Crippen LogP contribution in [0.1, 0.15) is 36.0 Å². The zero-order valence-electron chi connectivity index (χ0n) is 13.1. The number of rotatable bonds is 4. The van der Waals surface area contributed by atoms with Gasteiger partial charge in [0.25, 0.3) is 0 Å². The maximum Gasteiger partial charge on any atom is 0.168 e. The zero-order valence-corrected chi connectivity index (χ0v) is 14.7. The van der Waals surface area contributed by atoms with Crippen molar-refractivity contribution in [1.82, 2.24) is 19.5 Å². The molecule has 0 saturated carbocycles. The van der Waals surface area contributed by atoms with Crippen LogP contribution < -0.4 is 5.73 Å². The summed E-state index contributed by atoms with van der Waals surface area (Å²) in [7, 11) is 0. The van der Waals surface area contributed by atoms with Crippen LogP contribution in [-0.2, 0) is 25.1 Å². The largest absolute Gasteiger partial charge is 0.383 e. The lowest BCUT2D eigenvalue weighted by atomic mass is 9.97. The van der Waals surface area contributed by atoms with Crippen molar-refractivity contribution in [3.63, 3.8) is 0 Å². The maximum absolute atomic E-state index is 6.26. The minimum absolute atomic E-state index is 0.642. The molecule has 7 heteroatoms. The second-order valence-electron chi connectivity index (χ2n) is 5.70. The second-order valence-corrected chi connectivity index (χ2v) is 7.73. The summed E-state index contributed by atoms with van der Waals surface area (Å²) in [5.41, 5.74) is 7.65. The number of thiophene rings is 1. The molecule has 0 bridgehead atoms. The molecule has 5 nitrogen and oxygen atoms in total. The van der Waals surface area contributed by atoms with Crippen LogP contribution in [0.3, 0.4) is 0 Å². The van der Waals surface area contributed by atoms with Gasteiger partial charge in [0.2, 0.25) is 0 Å². The molecule has 0 fully saturated rings. The monoisotopic (exact) mass is 345 g/mol.